The lowest BCUT2D eigenvalue weighted by Crippen LogP contribution is -2.21. The van der Waals surface area contributed by atoms with Gasteiger partial charge in [-0.3, -0.25) is 9.59 Å². The number of esters is 2. The Morgan fingerprint density at radius 3 is 3.07 bits per heavy atom. The molecule has 2 atom stereocenters. The van der Waals surface area contributed by atoms with Gasteiger partial charge < -0.3 is 7.97 Å². The van der Waals surface area contributed by atoms with Gasteiger partial charge >= 0.3 is 28.6 Å². The lowest BCUT2D eigenvalue weighted by molar-refractivity contribution is -0.153. The van der Waals surface area contributed by atoms with Crippen LogP contribution in [-0.2, 0) is 29.6 Å². The molecule has 6 heteroatoms. The molecule has 0 saturated carbocycles. The normalized spacial score (nSPS) is 29.7. The number of thiol groups is 1. The van der Waals surface area contributed by atoms with Crippen molar-refractivity contribution in [3.8, 4) is 0 Å². The Morgan fingerprint density at radius 2 is 2.33 bits per heavy atom. The molecule has 0 spiro atoms. The Labute approximate surface area is 100 Å². The molecule has 0 radical (unpaired) electrons. The molecule has 0 aromatic carbocycles. The maximum absolute atomic E-state index is 11.3. The van der Waals surface area contributed by atoms with E-state index in [0.717, 1.165) is 47.3 Å². The van der Waals surface area contributed by atoms with Crippen molar-refractivity contribution >= 4 is 40.6 Å². The van der Waals surface area contributed by atoms with Crippen LogP contribution in [0, 0.1) is 11.8 Å². The van der Waals surface area contributed by atoms with Crippen LogP contribution < -0.4 is 0 Å². The molecule has 0 N–H and O–H groups in total. The van der Waals surface area contributed by atoms with Crippen molar-refractivity contribution in [2.45, 2.75) is 12.8 Å². The summed E-state index contributed by atoms with van der Waals surface area (Å²) < 4.78 is 9.70. The number of carbonyl (C=O) groups is 2. The van der Waals surface area contributed by atoms with Crippen LogP contribution in [0.25, 0.3) is 0 Å². The van der Waals surface area contributed by atoms with Crippen LogP contribution in [0.3, 0.4) is 0 Å². The summed E-state index contributed by atoms with van der Waals surface area (Å²) in [6.07, 6.45) is 3.51. The Hall–Kier alpha value is -0.278. The lowest BCUT2D eigenvalue weighted by atomic mass is 9.83. The molecule has 0 bridgehead atoms. The highest BCUT2D eigenvalue weighted by Gasteiger charge is 2.44. The van der Waals surface area contributed by atoms with Crippen molar-refractivity contribution in [3.63, 3.8) is 0 Å². The summed E-state index contributed by atoms with van der Waals surface area (Å²) in [5, 5.41) is 0. The topological polar surface area (TPSA) is 52.6 Å². The van der Waals surface area contributed by atoms with Crippen molar-refractivity contribution in [1.29, 1.82) is 0 Å². The van der Waals surface area contributed by atoms with Gasteiger partial charge in [-0.1, -0.05) is 6.08 Å². The van der Waals surface area contributed by atoms with Gasteiger partial charge in [-0.2, -0.15) is 0 Å². The largest absolute Gasteiger partial charge is 0.503 e. The van der Waals surface area contributed by atoms with Crippen molar-refractivity contribution in [2.24, 2.45) is 11.8 Å². The monoisotopic (exact) mass is 243 g/mol. The summed E-state index contributed by atoms with van der Waals surface area (Å²) in [6, 6.07) is 0. The van der Waals surface area contributed by atoms with Crippen LogP contribution in [0.4, 0.5) is 0 Å². The highest BCUT2D eigenvalue weighted by atomic mass is 32.2. The van der Waals surface area contributed by atoms with Gasteiger partial charge in [-0.15, -0.1) is 0 Å². The van der Waals surface area contributed by atoms with E-state index in [0.29, 0.717) is 0 Å². The third kappa shape index (κ3) is 2.29. The van der Waals surface area contributed by atoms with E-state index in [1.165, 1.54) is 5.57 Å². The Bertz CT molecular complexity index is 328. The van der Waals surface area contributed by atoms with Gasteiger partial charge in [0.05, 0.1) is 23.9 Å². The standard InChI is InChI=1S/C9H10O4S.Al.2H/c10-8-6-2-1-5(4-14-12)3-7(6)9(11)13-8;;;/h3,6-7,14H,1-2,4H2;;;/q;+1;;. The second kappa shape index (κ2) is 4.71. The predicted octanol–water partition coefficient (Wildman–Crippen LogP) is -0.683. The number of rotatable bonds is 3. The molecule has 1 heterocycles. The molecular weight excluding hydrogens is 231 g/mol. The predicted molar refractivity (Wildman–Crippen MR) is 58.7 cm³/mol. The summed E-state index contributed by atoms with van der Waals surface area (Å²) in [7, 11) is 0. The first-order valence-corrected chi connectivity index (χ1v) is 6.69. The molecule has 1 aliphatic heterocycles. The Kier molecular flexibility index (Phi) is 3.52. The fourth-order valence-electron chi connectivity index (χ4n) is 1.99. The van der Waals surface area contributed by atoms with E-state index < -0.39 is 0 Å². The van der Waals surface area contributed by atoms with Crippen LogP contribution in [0.1, 0.15) is 12.8 Å². The number of cyclic esters (lactones) is 2. The van der Waals surface area contributed by atoms with Gasteiger partial charge in [0.2, 0.25) is 0 Å². The van der Waals surface area contributed by atoms with E-state index in [2.05, 4.69) is 4.74 Å². The fourth-order valence-corrected chi connectivity index (χ4v) is 2.94. The van der Waals surface area contributed by atoms with E-state index in [1.54, 1.807) is 0 Å². The van der Waals surface area contributed by atoms with E-state index in [4.69, 9.17) is 3.23 Å². The van der Waals surface area contributed by atoms with Crippen LogP contribution in [0.2, 0.25) is 0 Å². The van der Waals surface area contributed by atoms with Gasteiger partial charge in [0.1, 0.15) is 0 Å². The molecule has 80 valence electrons. The zero-order valence-electron chi connectivity index (χ0n) is 8.43. The summed E-state index contributed by atoms with van der Waals surface area (Å²) in [6.45, 7) is 0. The first-order valence-electron chi connectivity index (χ1n) is 4.87. The minimum atomic E-state index is -0.384. The van der Waals surface area contributed by atoms with E-state index >= 15 is 0 Å². The molecule has 4 nitrogen and oxygen atoms in total. The van der Waals surface area contributed by atoms with Crippen molar-refractivity contribution < 1.29 is 17.6 Å². The van der Waals surface area contributed by atoms with Gasteiger partial charge in [0.25, 0.3) is 0 Å². The highest BCUT2D eigenvalue weighted by Crippen LogP contribution is 2.35. The Morgan fingerprint density at radius 1 is 1.53 bits per heavy atom. The number of carbonyl (C=O) groups excluding carboxylic acids is 2. The molecule has 0 aromatic rings. The van der Waals surface area contributed by atoms with Gasteiger partial charge in [-0.25, -0.2) is 0 Å². The molecule has 1 fully saturated rings. The first kappa shape index (κ1) is 11.2. The molecule has 0 amide bonds. The molecular formula is C9H12AlO4S+. The Balaban J connectivity index is 2.07. The molecule has 2 aliphatic rings. The number of fused-ring (bicyclic) bond motifs is 1. The third-order valence-corrected chi connectivity index (χ3v) is 4.37. The maximum atomic E-state index is 11.3. The highest BCUT2D eigenvalue weighted by molar-refractivity contribution is 7.74. The van der Waals surface area contributed by atoms with E-state index in [1.807, 2.05) is 6.08 Å². The van der Waals surface area contributed by atoms with Gasteiger partial charge in [0.15, 0.2) is 5.75 Å². The number of hydrogen-bond acceptors (Lipinski definition) is 4. The SMILES string of the molecule is O=C1OC(=O)C2CCC(C[SH+][O][AlH2])=CC12. The van der Waals surface area contributed by atoms with Crippen molar-refractivity contribution in [3.05, 3.63) is 11.6 Å². The first-order chi connectivity index (χ1) is 7.22. The molecule has 2 rings (SSSR count). The summed E-state index contributed by atoms with van der Waals surface area (Å²) in [5.74, 6) is -0.447. The quantitative estimate of drug-likeness (QED) is 0.164. The van der Waals surface area contributed by atoms with Crippen LogP contribution in [0.15, 0.2) is 11.6 Å². The number of hydrogen-bond donors (Lipinski definition) is 0. The van der Waals surface area contributed by atoms with E-state index in [-0.39, 0.29) is 23.8 Å². The van der Waals surface area contributed by atoms with Crippen LogP contribution >= 0.6 is 0 Å². The maximum Gasteiger partial charge on any atom is 0.503 e. The minimum absolute atomic E-state index is 0.227. The van der Waals surface area contributed by atoms with Gasteiger partial charge in [-0.05, 0) is 18.4 Å². The zero-order chi connectivity index (χ0) is 10.8. The van der Waals surface area contributed by atoms with Gasteiger partial charge in [0, 0.05) is 0 Å². The second-order valence-corrected chi connectivity index (χ2v) is 5.74. The third-order valence-electron chi connectivity index (χ3n) is 2.80. The van der Waals surface area contributed by atoms with E-state index in [9.17, 15) is 9.59 Å². The van der Waals surface area contributed by atoms with Crippen LogP contribution in [-0.4, -0.2) is 34.3 Å². The molecule has 15 heavy (non-hydrogen) atoms. The molecule has 2 unspecified atom stereocenters. The van der Waals surface area contributed by atoms with Crippen molar-refractivity contribution in [2.75, 3.05) is 5.75 Å². The molecule has 1 aliphatic carbocycles. The summed E-state index contributed by atoms with van der Waals surface area (Å²) >= 11 is 1.68. The minimum Gasteiger partial charge on any atom is -0.392 e. The van der Waals surface area contributed by atoms with Crippen LogP contribution in [0.5, 0.6) is 0 Å². The second-order valence-electron chi connectivity index (χ2n) is 3.71. The average Bonchev–Trinajstić information content (AvgIpc) is 2.52. The zero-order valence-corrected chi connectivity index (χ0v) is 11.3. The molecule has 1 saturated heterocycles. The average molecular weight is 243 g/mol. The molecule has 0 aromatic heterocycles. The smallest absolute Gasteiger partial charge is 0.392 e. The lowest BCUT2D eigenvalue weighted by Gasteiger charge is -2.17. The summed E-state index contributed by atoms with van der Waals surface area (Å²) in [5.41, 5.74) is 1.21. The number of ether oxygens (including phenoxy) is 1. The fraction of sp³-hybridized carbons (Fsp3) is 0.556. The summed E-state index contributed by atoms with van der Waals surface area (Å²) in [4.78, 5) is 22.6. The van der Waals surface area contributed by atoms with Crippen molar-refractivity contribution in [1.82, 2.24) is 0 Å².